The van der Waals surface area contributed by atoms with Gasteiger partial charge in [-0.25, -0.2) is 0 Å². The fraction of sp³-hybridized carbons (Fsp3) is 0.0909. The molecular weight excluding hydrogens is 318 g/mol. The third-order valence-electron chi connectivity index (χ3n) is 2.11. The molecule has 0 atom stereocenters. The van der Waals surface area contributed by atoms with Gasteiger partial charge in [0.1, 0.15) is 4.99 Å². The van der Waals surface area contributed by atoms with Crippen LogP contribution in [-0.4, -0.2) is 9.97 Å². The smallest absolute Gasteiger partial charge is 0.122 e. The number of nitrogens with two attached hydrogens (primary N) is 1. The second-order valence-corrected chi connectivity index (χ2v) is 6.34. The van der Waals surface area contributed by atoms with Gasteiger partial charge < -0.3 is 11.1 Å². The summed E-state index contributed by atoms with van der Waals surface area (Å²) in [6.07, 6.45) is 1.73. The molecule has 0 saturated heterocycles. The van der Waals surface area contributed by atoms with Gasteiger partial charge in [0.25, 0.3) is 0 Å². The van der Waals surface area contributed by atoms with Crippen LogP contribution in [-0.2, 0) is 6.54 Å². The largest absolute Gasteiger partial charge is 0.388 e. The average Bonchev–Trinajstić information content (AvgIpc) is 2.73. The number of rotatable bonds is 4. The minimum Gasteiger partial charge on any atom is -0.388 e. The van der Waals surface area contributed by atoms with Crippen LogP contribution in [0.3, 0.4) is 0 Å². The van der Waals surface area contributed by atoms with Crippen molar-refractivity contribution in [3.63, 3.8) is 0 Å². The zero-order valence-electron chi connectivity index (χ0n) is 8.81. The Morgan fingerprint density at radius 2 is 2.24 bits per heavy atom. The van der Waals surface area contributed by atoms with Gasteiger partial charge in [-0.1, -0.05) is 12.2 Å². The molecule has 0 unspecified atom stereocenters. The summed E-state index contributed by atoms with van der Waals surface area (Å²) < 4.78 is 1.14. The number of aromatic nitrogens is 1. The molecule has 3 nitrogen and oxygen atoms in total. The molecule has 88 valence electrons. The minimum atomic E-state index is 0.318. The quantitative estimate of drug-likeness (QED) is 0.847. The molecule has 0 aliphatic heterocycles. The molecule has 0 amide bonds. The van der Waals surface area contributed by atoms with Crippen molar-refractivity contribution in [3.05, 3.63) is 44.8 Å². The van der Waals surface area contributed by atoms with Gasteiger partial charge in [-0.05, 0) is 40.2 Å². The van der Waals surface area contributed by atoms with Crippen LogP contribution in [0.15, 0.2) is 34.2 Å². The zero-order valence-corrected chi connectivity index (χ0v) is 12.0. The number of pyridine rings is 1. The maximum Gasteiger partial charge on any atom is 0.122 e. The first-order valence-electron chi connectivity index (χ1n) is 4.89. The molecular formula is C11H10BrN3S2. The lowest BCUT2D eigenvalue weighted by molar-refractivity contribution is 1.17. The van der Waals surface area contributed by atoms with E-state index in [0.29, 0.717) is 10.7 Å². The monoisotopic (exact) mass is 327 g/mol. The lowest BCUT2D eigenvalue weighted by atomic mass is 10.3. The Morgan fingerprint density at radius 3 is 2.76 bits per heavy atom. The number of hydrogen-bond acceptors (Lipinski definition) is 4. The molecule has 2 aromatic rings. The molecule has 0 aromatic carbocycles. The van der Waals surface area contributed by atoms with Gasteiger partial charge in [-0.3, -0.25) is 4.98 Å². The van der Waals surface area contributed by atoms with Gasteiger partial charge in [-0.15, -0.1) is 11.3 Å². The van der Waals surface area contributed by atoms with Crippen molar-refractivity contribution in [2.75, 3.05) is 5.32 Å². The van der Waals surface area contributed by atoms with E-state index in [-0.39, 0.29) is 0 Å². The van der Waals surface area contributed by atoms with Gasteiger partial charge >= 0.3 is 0 Å². The molecule has 6 heteroatoms. The third-order valence-corrected chi connectivity index (χ3v) is 3.94. The van der Waals surface area contributed by atoms with E-state index in [1.165, 1.54) is 4.88 Å². The Kier molecular flexibility index (Phi) is 4.09. The molecule has 0 saturated carbocycles. The standard InChI is InChI=1S/C11H10BrN3S2/c12-10-4-2-8(17-10)6-14-7-1-3-9(11(13)16)15-5-7/h1-5,14H,6H2,(H2,13,16). The van der Waals surface area contributed by atoms with Crippen LogP contribution in [0.2, 0.25) is 0 Å². The van der Waals surface area contributed by atoms with E-state index in [1.54, 1.807) is 17.5 Å². The highest BCUT2D eigenvalue weighted by atomic mass is 79.9. The normalized spacial score (nSPS) is 10.2. The summed E-state index contributed by atoms with van der Waals surface area (Å²) in [5.41, 5.74) is 7.07. The van der Waals surface area contributed by atoms with Crippen LogP contribution in [0.1, 0.15) is 10.6 Å². The molecule has 17 heavy (non-hydrogen) atoms. The predicted octanol–water partition coefficient (Wildman–Crippen LogP) is 3.15. The molecule has 2 aromatic heterocycles. The summed E-state index contributed by atoms with van der Waals surface area (Å²) in [5.74, 6) is 0. The Morgan fingerprint density at radius 1 is 1.41 bits per heavy atom. The van der Waals surface area contributed by atoms with Crippen molar-refractivity contribution in [1.82, 2.24) is 4.98 Å². The number of hydrogen-bond donors (Lipinski definition) is 2. The van der Waals surface area contributed by atoms with Crippen LogP contribution in [0.4, 0.5) is 5.69 Å². The number of anilines is 1. The molecule has 0 aliphatic carbocycles. The molecule has 0 radical (unpaired) electrons. The SMILES string of the molecule is NC(=S)c1ccc(NCc2ccc(Br)s2)cn1. The van der Waals surface area contributed by atoms with Crippen molar-refractivity contribution in [2.24, 2.45) is 5.73 Å². The molecule has 0 spiro atoms. The third kappa shape index (κ3) is 3.49. The average molecular weight is 328 g/mol. The first kappa shape index (κ1) is 12.5. The number of halogens is 1. The summed E-state index contributed by atoms with van der Waals surface area (Å²) in [5, 5.41) is 3.28. The lowest BCUT2D eigenvalue weighted by Crippen LogP contribution is -2.11. The van der Waals surface area contributed by atoms with Crippen molar-refractivity contribution in [2.45, 2.75) is 6.54 Å². The fourth-order valence-corrected chi connectivity index (χ4v) is 2.82. The topological polar surface area (TPSA) is 50.9 Å². The zero-order chi connectivity index (χ0) is 12.3. The van der Waals surface area contributed by atoms with Gasteiger partial charge in [0, 0.05) is 11.4 Å². The van der Waals surface area contributed by atoms with Crippen LogP contribution < -0.4 is 11.1 Å². The molecule has 3 N–H and O–H groups in total. The Balaban J connectivity index is 1.97. The fourth-order valence-electron chi connectivity index (χ4n) is 1.28. The van der Waals surface area contributed by atoms with Crippen molar-refractivity contribution in [3.8, 4) is 0 Å². The molecule has 2 rings (SSSR count). The molecule has 0 fully saturated rings. The maximum absolute atomic E-state index is 5.48. The Labute approximate surface area is 117 Å². The summed E-state index contributed by atoms with van der Waals surface area (Å²) in [6, 6.07) is 7.85. The Hall–Kier alpha value is -0.980. The maximum atomic E-state index is 5.48. The van der Waals surface area contributed by atoms with Crippen LogP contribution >= 0.6 is 39.5 Å². The summed E-state index contributed by atoms with van der Waals surface area (Å²) in [7, 11) is 0. The van der Waals surface area contributed by atoms with E-state index in [4.69, 9.17) is 18.0 Å². The van der Waals surface area contributed by atoms with E-state index in [9.17, 15) is 0 Å². The van der Waals surface area contributed by atoms with E-state index < -0.39 is 0 Å². The van der Waals surface area contributed by atoms with Crippen LogP contribution in [0, 0.1) is 0 Å². The number of nitrogens with zero attached hydrogens (tertiary/aromatic N) is 1. The highest BCUT2D eigenvalue weighted by Gasteiger charge is 2.00. The minimum absolute atomic E-state index is 0.318. The Bertz CT molecular complexity index is 522. The summed E-state index contributed by atoms with van der Waals surface area (Å²) >= 11 is 9.98. The lowest BCUT2D eigenvalue weighted by Gasteiger charge is -2.04. The molecule has 0 bridgehead atoms. The van der Waals surface area contributed by atoms with Gasteiger partial charge in [0.05, 0.1) is 21.4 Å². The first-order valence-corrected chi connectivity index (χ1v) is 6.91. The van der Waals surface area contributed by atoms with Crippen LogP contribution in [0.25, 0.3) is 0 Å². The molecule has 0 aliphatic rings. The number of thiocarbonyl (C=S) groups is 1. The van der Waals surface area contributed by atoms with Gasteiger partial charge in [-0.2, -0.15) is 0 Å². The second kappa shape index (κ2) is 5.57. The molecule has 2 heterocycles. The van der Waals surface area contributed by atoms with Gasteiger partial charge in [0.2, 0.25) is 0 Å². The summed E-state index contributed by atoms with van der Waals surface area (Å²) in [6.45, 7) is 0.782. The van der Waals surface area contributed by atoms with E-state index in [1.807, 2.05) is 18.2 Å². The number of nitrogens with one attached hydrogen (secondary N) is 1. The van der Waals surface area contributed by atoms with E-state index in [2.05, 4.69) is 32.3 Å². The van der Waals surface area contributed by atoms with Crippen molar-refractivity contribution in [1.29, 1.82) is 0 Å². The van der Waals surface area contributed by atoms with Crippen molar-refractivity contribution < 1.29 is 0 Å². The van der Waals surface area contributed by atoms with Crippen molar-refractivity contribution >= 4 is 50.2 Å². The first-order chi connectivity index (χ1) is 8.15. The van der Waals surface area contributed by atoms with Gasteiger partial charge in [0.15, 0.2) is 0 Å². The second-order valence-electron chi connectivity index (χ2n) is 3.36. The highest BCUT2D eigenvalue weighted by Crippen LogP contribution is 2.22. The predicted molar refractivity (Wildman–Crippen MR) is 79.5 cm³/mol. The van der Waals surface area contributed by atoms with E-state index in [0.717, 1.165) is 16.0 Å². The summed E-state index contributed by atoms with van der Waals surface area (Å²) in [4.78, 5) is 5.74. The number of thiophene rings is 1. The highest BCUT2D eigenvalue weighted by molar-refractivity contribution is 9.11. The van der Waals surface area contributed by atoms with Crippen LogP contribution in [0.5, 0.6) is 0 Å². The van der Waals surface area contributed by atoms with E-state index >= 15 is 0 Å².